The number of hydrogen-bond donors (Lipinski definition) is 2. The van der Waals surface area contributed by atoms with Crippen LogP contribution in [0, 0.1) is 0 Å². The molecule has 1 rings (SSSR count). The van der Waals surface area contributed by atoms with E-state index in [4.69, 9.17) is 16.7 Å². The van der Waals surface area contributed by atoms with E-state index >= 15 is 0 Å². The summed E-state index contributed by atoms with van der Waals surface area (Å²) < 4.78 is 0. The second-order valence-corrected chi connectivity index (χ2v) is 3.45. The monoisotopic (exact) mass is 210 g/mol. The summed E-state index contributed by atoms with van der Waals surface area (Å²) in [6.45, 7) is 5.51. The lowest BCUT2D eigenvalue weighted by Crippen LogP contribution is -1.78. The molecule has 74 valence electrons. The van der Waals surface area contributed by atoms with Gasteiger partial charge in [-0.05, 0) is 36.8 Å². The standard InChI is InChI=1S/C11H11ClO2/c1-7(2)5-9(12)8-3-4-10(13)11(14)6-8/h3-6,13-14H,1H2,2H3. The Morgan fingerprint density at radius 2 is 2.00 bits per heavy atom. The summed E-state index contributed by atoms with van der Waals surface area (Å²) in [5.74, 6) is -0.343. The van der Waals surface area contributed by atoms with Crippen molar-refractivity contribution in [3.8, 4) is 11.5 Å². The quantitative estimate of drug-likeness (QED) is 0.581. The van der Waals surface area contributed by atoms with Crippen LogP contribution in [0.1, 0.15) is 12.5 Å². The average molecular weight is 211 g/mol. The summed E-state index contributed by atoms with van der Waals surface area (Å²) in [6.07, 6.45) is 1.69. The van der Waals surface area contributed by atoms with E-state index in [9.17, 15) is 5.11 Å². The van der Waals surface area contributed by atoms with Crippen LogP contribution >= 0.6 is 11.6 Å². The van der Waals surface area contributed by atoms with Gasteiger partial charge in [-0.3, -0.25) is 0 Å². The fraction of sp³-hybridized carbons (Fsp3) is 0.0909. The number of hydrogen-bond acceptors (Lipinski definition) is 2. The van der Waals surface area contributed by atoms with Crippen molar-refractivity contribution in [3.63, 3.8) is 0 Å². The number of phenolic OH excluding ortho intramolecular Hbond substituents is 2. The van der Waals surface area contributed by atoms with Crippen LogP contribution in [0.3, 0.4) is 0 Å². The zero-order valence-corrected chi connectivity index (χ0v) is 8.54. The van der Waals surface area contributed by atoms with Gasteiger partial charge in [0.2, 0.25) is 0 Å². The molecule has 0 saturated heterocycles. The molecule has 0 aliphatic heterocycles. The van der Waals surface area contributed by atoms with Crippen LogP contribution in [-0.4, -0.2) is 10.2 Å². The van der Waals surface area contributed by atoms with Gasteiger partial charge < -0.3 is 10.2 Å². The molecule has 0 spiro atoms. The Labute approximate surface area is 87.8 Å². The maximum atomic E-state index is 9.22. The molecule has 0 amide bonds. The highest BCUT2D eigenvalue weighted by Gasteiger charge is 2.03. The molecule has 0 atom stereocenters. The third-order valence-corrected chi connectivity index (χ3v) is 1.95. The van der Waals surface area contributed by atoms with Crippen molar-refractivity contribution in [2.45, 2.75) is 6.92 Å². The summed E-state index contributed by atoms with van der Waals surface area (Å²) in [7, 11) is 0. The Hall–Kier alpha value is -1.41. The first kappa shape index (κ1) is 10.7. The molecule has 14 heavy (non-hydrogen) atoms. The lowest BCUT2D eigenvalue weighted by molar-refractivity contribution is 0.403. The minimum absolute atomic E-state index is 0.159. The van der Waals surface area contributed by atoms with Crippen molar-refractivity contribution in [2.75, 3.05) is 0 Å². The molecule has 2 nitrogen and oxygen atoms in total. The maximum Gasteiger partial charge on any atom is 0.158 e. The van der Waals surface area contributed by atoms with Gasteiger partial charge in [0, 0.05) is 5.03 Å². The molecule has 2 N–H and O–H groups in total. The van der Waals surface area contributed by atoms with Crippen molar-refractivity contribution < 1.29 is 10.2 Å². The zero-order chi connectivity index (χ0) is 10.7. The summed E-state index contributed by atoms with van der Waals surface area (Å²) in [5.41, 5.74) is 1.47. The molecule has 0 unspecified atom stereocenters. The molecule has 1 aromatic carbocycles. The zero-order valence-electron chi connectivity index (χ0n) is 7.79. The summed E-state index contributed by atoms with van der Waals surface area (Å²) in [6, 6.07) is 4.41. The highest BCUT2D eigenvalue weighted by molar-refractivity contribution is 6.49. The molecule has 0 aliphatic carbocycles. The lowest BCUT2D eigenvalue weighted by Gasteiger charge is -2.02. The first-order chi connectivity index (χ1) is 6.50. The smallest absolute Gasteiger partial charge is 0.158 e. The number of allylic oxidation sites excluding steroid dienone is 2. The van der Waals surface area contributed by atoms with Crippen LogP contribution < -0.4 is 0 Å². The van der Waals surface area contributed by atoms with E-state index in [-0.39, 0.29) is 11.5 Å². The molecule has 0 aliphatic rings. The predicted octanol–water partition coefficient (Wildman–Crippen LogP) is 3.25. The van der Waals surface area contributed by atoms with Gasteiger partial charge in [-0.1, -0.05) is 23.8 Å². The van der Waals surface area contributed by atoms with E-state index in [1.807, 2.05) is 6.92 Å². The Morgan fingerprint density at radius 1 is 1.36 bits per heavy atom. The third kappa shape index (κ3) is 2.54. The number of benzene rings is 1. The number of aromatic hydroxyl groups is 2. The Bertz CT molecular complexity index is 394. The minimum Gasteiger partial charge on any atom is -0.504 e. The summed E-state index contributed by atoms with van der Waals surface area (Å²) >= 11 is 5.93. The molecule has 0 bridgehead atoms. The predicted molar refractivity (Wildman–Crippen MR) is 58.4 cm³/mol. The van der Waals surface area contributed by atoms with E-state index in [2.05, 4.69) is 6.58 Å². The van der Waals surface area contributed by atoms with Gasteiger partial charge in [0.05, 0.1) is 0 Å². The van der Waals surface area contributed by atoms with Gasteiger partial charge in [0.15, 0.2) is 11.5 Å². The van der Waals surface area contributed by atoms with Gasteiger partial charge in [-0.15, -0.1) is 0 Å². The van der Waals surface area contributed by atoms with E-state index in [0.29, 0.717) is 10.6 Å². The van der Waals surface area contributed by atoms with Crippen molar-refractivity contribution in [1.29, 1.82) is 0 Å². The highest BCUT2D eigenvalue weighted by atomic mass is 35.5. The normalized spacial score (nSPS) is 11.4. The molecule has 0 saturated carbocycles. The Balaban J connectivity index is 3.09. The number of phenols is 2. The second kappa shape index (κ2) is 4.20. The summed E-state index contributed by atoms with van der Waals surface area (Å²) in [4.78, 5) is 0. The van der Waals surface area contributed by atoms with Gasteiger partial charge in [0.25, 0.3) is 0 Å². The van der Waals surface area contributed by atoms with Gasteiger partial charge >= 0.3 is 0 Å². The van der Waals surface area contributed by atoms with Crippen LogP contribution in [0.15, 0.2) is 36.4 Å². The lowest BCUT2D eigenvalue weighted by atomic mass is 10.1. The topological polar surface area (TPSA) is 40.5 Å². The SMILES string of the molecule is C=C(C)C=C(Cl)c1ccc(O)c(O)c1. The molecule has 0 radical (unpaired) electrons. The van der Waals surface area contributed by atoms with E-state index < -0.39 is 0 Å². The third-order valence-electron chi connectivity index (χ3n) is 1.62. The van der Waals surface area contributed by atoms with Crippen LogP contribution in [-0.2, 0) is 0 Å². The first-order valence-electron chi connectivity index (χ1n) is 4.06. The van der Waals surface area contributed by atoms with E-state index in [0.717, 1.165) is 5.57 Å². The fourth-order valence-corrected chi connectivity index (χ4v) is 1.28. The van der Waals surface area contributed by atoms with Gasteiger partial charge in [0.1, 0.15) is 0 Å². The largest absolute Gasteiger partial charge is 0.504 e. The molecule has 0 heterocycles. The second-order valence-electron chi connectivity index (χ2n) is 3.04. The summed E-state index contributed by atoms with van der Waals surface area (Å²) in [5, 5.41) is 18.8. The average Bonchev–Trinajstić information content (AvgIpc) is 2.08. The maximum absolute atomic E-state index is 9.22. The van der Waals surface area contributed by atoms with Crippen LogP contribution in [0.4, 0.5) is 0 Å². The molecule has 0 aromatic heterocycles. The van der Waals surface area contributed by atoms with Crippen molar-refractivity contribution >= 4 is 16.6 Å². The van der Waals surface area contributed by atoms with Gasteiger partial charge in [-0.2, -0.15) is 0 Å². The Morgan fingerprint density at radius 3 is 2.50 bits per heavy atom. The van der Waals surface area contributed by atoms with Crippen molar-refractivity contribution in [1.82, 2.24) is 0 Å². The first-order valence-corrected chi connectivity index (χ1v) is 4.43. The Kier molecular flexibility index (Phi) is 3.20. The number of halogens is 1. The molecule has 3 heteroatoms. The highest BCUT2D eigenvalue weighted by Crippen LogP contribution is 2.30. The molecule has 1 aromatic rings. The van der Waals surface area contributed by atoms with Crippen molar-refractivity contribution in [2.24, 2.45) is 0 Å². The van der Waals surface area contributed by atoms with Crippen LogP contribution in [0.2, 0.25) is 0 Å². The fourth-order valence-electron chi connectivity index (χ4n) is 0.972. The molecule has 0 fully saturated rings. The van der Waals surface area contributed by atoms with E-state index in [1.165, 1.54) is 12.1 Å². The van der Waals surface area contributed by atoms with Gasteiger partial charge in [-0.25, -0.2) is 0 Å². The molecular formula is C11H11ClO2. The minimum atomic E-state index is -0.184. The van der Waals surface area contributed by atoms with E-state index in [1.54, 1.807) is 12.1 Å². The van der Waals surface area contributed by atoms with Crippen LogP contribution in [0.25, 0.3) is 5.03 Å². The molecular weight excluding hydrogens is 200 g/mol. The number of rotatable bonds is 2. The van der Waals surface area contributed by atoms with Crippen molar-refractivity contribution in [3.05, 3.63) is 42.0 Å². The van der Waals surface area contributed by atoms with Crippen LogP contribution in [0.5, 0.6) is 11.5 Å².